The summed E-state index contributed by atoms with van der Waals surface area (Å²) in [7, 11) is 0. The number of benzene rings is 1. The molecule has 0 saturated heterocycles. The largest absolute Gasteiger partial charge is 0.378 e. The van der Waals surface area contributed by atoms with Crippen LogP contribution in [0.25, 0.3) is 0 Å². The molecule has 1 aromatic carbocycles. The van der Waals surface area contributed by atoms with Gasteiger partial charge in [0.25, 0.3) is 0 Å². The number of rotatable bonds is 6. The third-order valence-electron chi connectivity index (χ3n) is 2.72. The monoisotopic (exact) mass is 321 g/mol. The highest BCUT2D eigenvalue weighted by molar-refractivity contribution is 9.10. The van der Waals surface area contributed by atoms with Gasteiger partial charge in [0.2, 0.25) is 5.78 Å². The molecule has 0 radical (unpaired) electrons. The van der Waals surface area contributed by atoms with Crippen LogP contribution in [0.3, 0.4) is 0 Å². The standard InChI is InChI=1S/C14H16BrN3O/c1-2-8-18-14(12(15)9-17-18)13(19)10-16-11-6-4-3-5-7-11/h3-7,9,16H,2,8,10H2,1H3. The molecule has 4 nitrogen and oxygen atoms in total. The van der Waals surface area contributed by atoms with Gasteiger partial charge in [-0.25, -0.2) is 0 Å². The molecular weight excluding hydrogens is 306 g/mol. The normalized spacial score (nSPS) is 10.4. The minimum Gasteiger partial charge on any atom is -0.378 e. The van der Waals surface area contributed by atoms with Crippen molar-refractivity contribution in [1.82, 2.24) is 9.78 Å². The fourth-order valence-electron chi connectivity index (χ4n) is 1.84. The van der Waals surface area contributed by atoms with Crippen LogP contribution < -0.4 is 5.32 Å². The molecule has 19 heavy (non-hydrogen) atoms. The quantitative estimate of drug-likeness (QED) is 0.830. The zero-order valence-electron chi connectivity index (χ0n) is 10.8. The Labute approximate surface area is 120 Å². The maximum Gasteiger partial charge on any atom is 0.200 e. The van der Waals surface area contributed by atoms with Crippen molar-refractivity contribution in [2.75, 3.05) is 11.9 Å². The average molecular weight is 322 g/mol. The Hall–Kier alpha value is -1.62. The third kappa shape index (κ3) is 3.44. The fraction of sp³-hybridized carbons (Fsp3) is 0.286. The first-order valence-corrected chi connectivity index (χ1v) is 7.05. The molecule has 0 fully saturated rings. The number of carbonyl (C=O) groups is 1. The predicted octanol–water partition coefficient (Wildman–Crippen LogP) is 3.35. The van der Waals surface area contributed by atoms with E-state index in [2.05, 4.69) is 33.3 Å². The van der Waals surface area contributed by atoms with Crippen molar-refractivity contribution in [2.24, 2.45) is 0 Å². The molecule has 0 atom stereocenters. The van der Waals surface area contributed by atoms with E-state index in [1.165, 1.54) is 0 Å². The summed E-state index contributed by atoms with van der Waals surface area (Å²) in [6, 6.07) is 9.69. The van der Waals surface area contributed by atoms with Crippen LogP contribution in [-0.2, 0) is 6.54 Å². The number of hydrogen-bond donors (Lipinski definition) is 1. The van der Waals surface area contributed by atoms with E-state index in [0.717, 1.165) is 23.1 Å². The lowest BCUT2D eigenvalue weighted by atomic mass is 10.2. The smallest absolute Gasteiger partial charge is 0.200 e. The molecule has 1 N–H and O–H groups in total. The highest BCUT2D eigenvalue weighted by Gasteiger charge is 2.16. The highest BCUT2D eigenvalue weighted by atomic mass is 79.9. The molecule has 0 spiro atoms. The molecule has 0 aliphatic rings. The number of nitrogens with zero attached hydrogens (tertiary/aromatic N) is 2. The first kappa shape index (κ1) is 13.8. The number of anilines is 1. The van der Waals surface area contributed by atoms with Crippen LogP contribution in [0.4, 0.5) is 5.69 Å². The van der Waals surface area contributed by atoms with Gasteiger partial charge in [-0.3, -0.25) is 9.48 Å². The topological polar surface area (TPSA) is 46.9 Å². The van der Waals surface area contributed by atoms with Gasteiger partial charge in [-0.15, -0.1) is 0 Å². The van der Waals surface area contributed by atoms with E-state index in [1.54, 1.807) is 10.9 Å². The first-order valence-electron chi connectivity index (χ1n) is 6.25. The van der Waals surface area contributed by atoms with Crippen LogP contribution in [0.5, 0.6) is 0 Å². The molecule has 0 saturated carbocycles. The molecule has 1 aromatic heterocycles. The minimum absolute atomic E-state index is 0.0293. The van der Waals surface area contributed by atoms with Crippen molar-refractivity contribution >= 4 is 27.4 Å². The number of aromatic nitrogens is 2. The SMILES string of the molecule is CCCn1ncc(Br)c1C(=O)CNc1ccccc1. The van der Waals surface area contributed by atoms with E-state index >= 15 is 0 Å². The van der Waals surface area contributed by atoms with E-state index in [0.29, 0.717) is 5.69 Å². The molecular formula is C14H16BrN3O. The van der Waals surface area contributed by atoms with E-state index in [-0.39, 0.29) is 12.3 Å². The van der Waals surface area contributed by atoms with Crippen LogP contribution in [0, 0.1) is 0 Å². The van der Waals surface area contributed by atoms with Gasteiger partial charge in [-0.1, -0.05) is 25.1 Å². The van der Waals surface area contributed by atoms with Crippen molar-refractivity contribution in [1.29, 1.82) is 0 Å². The number of halogens is 1. The first-order chi connectivity index (χ1) is 9.22. The number of aryl methyl sites for hydroxylation is 1. The lowest BCUT2D eigenvalue weighted by molar-refractivity contribution is 0.0995. The van der Waals surface area contributed by atoms with Crippen molar-refractivity contribution in [3.05, 3.63) is 46.7 Å². The molecule has 2 rings (SSSR count). The van der Waals surface area contributed by atoms with Gasteiger partial charge in [0, 0.05) is 12.2 Å². The average Bonchev–Trinajstić information content (AvgIpc) is 2.79. The van der Waals surface area contributed by atoms with Gasteiger partial charge in [-0.05, 0) is 34.5 Å². The number of nitrogens with one attached hydrogen (secondary N) is 1. The zero-order valence-corrected chi connectivity index (χ0v) is 12.4. The van der Waals surface area contributed by atoms with Crippen LogP contribution in [0.15, 0.2) is 41.0 Å². The number of para-hydroxylation sites is 1. The second kappa shape index (κ2) is 6.52. The summed E-state index contributed by atoms with van der Waals surface area (Å²) in [5.74, 6) is 0.0293. The Morgan fingerprint density at radius 3 is 2.79 bits per heavy atom. The van der Waals surface area contributed by atoms with Gasteiger partial charge < -0.3 is 5.32 Å². The number of hydrogen-bond acceptors (Lipinski definition) is 3. The van der Waals surface area contributed by atoms with Gasteiger partial charge in [0.1, 0.15) is 5.69 Å². The van der Waals surface area contributed by atoms with Crippen molar-refractivity contribution in [3.8, 4) is 0 Å². The molecule has 0 unspecified atom stereocenters. The van der Waals surface area contributed by atoms with Gasteiger partial charge in [0.15, 0.2) is 0 Å². The lowest BCUT2D eigenvalue weighted by Gasteiger charge is -2.08. The van der Waals surface area contributed by atoms with Crippen molar-refractivity contribution < 1.29 is 4.79 Å². The highest BCUT2D eigenvalue weighted by Crippen LogP contribution is 2.17. The second-order valence-corrected chi connectivity index (χ2v) is 5.06. The molecule has 0 bridgehead atoms. The molecule has 100 valence electrons. The maximum absolute atomic E-state index is 12.2. The predicted molar refractivity (Wildman–Crippen MR) is 79.5 cm³/mol. The molecule has 0 aliphatic carbocycles. The minimum atomic E-state index is 0.0293. The zero-order chi connectivity index (χ0) is 13.7. The summed E-state index contributed by atoms with van der Waals surface area (Å²) >= 11 is 3.38. The summed E-state index contributed by atoms with van der Waals surface area (Å²) in [4.78, 5) is 12.2. The van der Waals surface area contributed by atoms with Gasteiger partial charge in [0.05, 0.1) is 17.2 Å². The summed E-state index contributed by atoms with van der Waals surface area (Å²) in [5, 5.41) is 7.32. The summed E-state index contributed by atoms with van der Waals surface area (Å²) in [6.45, 7) is 3.07. The van der Waals surface area contributed by atoms with Gasteiger partial charge >= 0.3 is 0 Å². The molecule has 2 aromatic rings. The Bertz CT molecular complexity index is 551. The van der Waals surface area contributed by atoms with Crippen LogP contribution in [0.1, 0.15) is 23.8 Å². The van der Waals surface area contributed by atoms with E-state index in [4.69, 9.17) is 0 Å². The summed E-state index contributed by atoms with van der Waals surface area (Å²) < 4.78 is 2.50. The molecule has 0 amide bonds. The van der Waals surface area contributed by atoms with Crippen LogP contribution >= 0.6 is 15.9 Å². The molecule has 1 heterocycles. The molecule has 0 aliphatic heterocycles. The van der Waals surface area contributed by atoms with Gasteiger partial charge in [-0.2, -0.15) is 5.10 Å². The van der Waals surface area contributed by atoms with Crippen molar-refractivity contribution in [2.45, 2.75) is 19.9 Å². The Kier molecular flexibility index (Phi) is 4.74. The fourth-order valence-corrected chi connectivity index (χ4v) is 2.36. The van der Waals surface area contributed by atoms with Crippen molar-refractivity contribution in [3.63, 3.8) is 0 Å². The molecule has 5 heteroatoms. The van der Waals surface area contributed by atoms with E-state index < -0.39 is 0 Å². The second-order valence-electron chi connectivity index (χ2n) is 4.21. The number of carbonyl (C=O) groups excluding carboxylic acids is 1. The van der Waals surface area contributed by atoms with Crippen LogP contribution in [-0.4, -0.2) is 22.1 Å². The lowest BCUT2D eigenvalue weighted by Crippen LogP contribution is -2.19. The van der Waals surface area contributed by atoms with Crippen LogP contribution in [0.2, 0.25) is 0 Å². The summed E-state index contributed by atoms with van der Waals surface area (Å²) in [6.07, 6.45) is 2.62. The Morgan fingerprint density at radius 2 is 2.11 bits per heavy atom. The third-order valence-corrected chi connectivity index (χ3v) is 3.30. The number of ketones is 1. The van der Waals surface area contributed by atoms with E-state index in [1.807, 2.05) is 30.3 Å². The van der Waals surface area contributed by atoms with E-state index in [9.17, 15) is 4.79 Å². The summed E-state index contributed by atoms with van der Waals surface area (Å²) in [5.41, 5.74) is 1.57. The number of Topliss-reactive ketones (excluding diaryl/α,β-unsaturated/α-hetero) is 1. The Balaban J connectivity index is 2.06. The maximum atomic E-state index is 12.2. The Morgan fingerprint density at radius 1 is 1.37 bits per heavy atom.